The fraction of sp³-hybridized carbons (Fsp3) is 0.600. The minimum Gasteiger partial charge on any atom is -0.538 e. The minimum atomic E-state index is -0.556. The lowest BCUT2D eigenvalue weighted by Crippen LogP contribution is -2.36. The normalized spacial score (nSPS) is 12.0. The SMILES string of the molecule is C=C(C)OC(CCC)[O+]([O-])C(=C)C. The molecule has 0 aliphatic heterocycles. The topological polar surface area (TPSA) is 35.0 Å². The molecule has 0 saturated heterocycles. The van der Waals surface area contributed by atoms with E-state index in [-0.39, 0.29) is 0 Å². The van der Waals surface area contributed by atoms with Crippen LogP contribution in [0.2, 0.25) is 0 Å². The van der Waals surface area contributed by atoms with Crippen LogP contribution in [0.5, 0.6) is 0 Å². The summed E-state index contributed by atoms with van der Waals surface area (Å²) in [5, 5.41) is 11.3. The maximum atomic E-state index is 11.3. The lowest BCUT2D eigenvalue weighted by Gasteiger charge is -2.32. The quantitative estimate of drug-likeness (QED) is 0.209. The second-order valence-electron chi connectivity index (χ2n) is 3.04. The molecule has 3 heteroatoms. The van der Waals surface area contributed by atoms with Crippen molar-refractivity contribution >= 4 is 0 Å². The van der Waals surface area contributed by atoms with Gasteiger partial charge in [-0.2, -0.15) is 0 Å². The van der Waals surface area contributed by atoms with Gasteiger partial charge in [-0.25, -0.2) is 0 Å². The molecular formula is C10H18O3. The Balaban J connectivity index is 4.22. The third-order valence-electron chi connectivity index (χ3n) is 1.44. The van der Waals surface area contributed by atoms with E-state index in [2.05, 4.69) is 13.2 Å². The summed E-state index contributed by atoms with van der Waals surface area (Å²) in [6, 6.07) is 0. The fourth-order valence-corrected chi connectivity index (χ4v) is 0.894. The van der Waals surface area contributed by atoms with Crippen molar-refractivity contribution in [2.75, 3.05) is 0 Å². The van der Waals surface area contributed by atoms with Crippen LogP contribution in [0.4, 0.5) is 0 Å². The molecule has 0 aromatic carbocycles. The van der Waals surface area contributed by atoms with Crippen LogP contribution in [0, 0.1) is 0 Å². The molecule has 13 heavy (non-hydrogen) atoms. The molecule has 0 aliphatic rings. The summed E-state index contributed by atoms with van der Waals surface area (Å²) < 4.78 is 6.84. The van der Waals surface area contributed by atoms with Crippen LogP contribution >= 0.6 is 0 Å². The van der Waals surface area contributed by atoms with E-state index in [0.29, 0.717) is 17.9 Å². The lowest BCUT2D eigenvalue weighted by molar-refractivity contribution is -0.803. The van der Waals surface area contributed by atoms with Gasteiger partial charge in [-0.3, -0.25) is 0 Å². The van der Waals surface area contributed by atoms with Gasteiger partial charge in [0.15, 0.2) is 0 Å². The summed E-state index contributed by atoms with van der Waals surface area (Å²) in [5.74, 6) is 0.910. The van der Waals surface area contributed by atoms with Crippen molar-refractivity contribution in [3.63, 3.8) is 0 Å². The second-order valence-corrected chi connectivity index (χ2v) is 3.04. The van der Waals surface area contributed by atoms with E-state index in [1.807, 2.05) is 6.92 Å². The van der Waals surface area contributed by atoms with Gasteiger partial charge < -0.3 is 14.5 Å². The fourth-order valence-electron chi connectivity index (χ4n) is 0.894. The van der Waals surface area contributed by atoms with Gasteiger partial charge in [-0.05, 0) is 19.9 Å². The van der Waals surface area contributed by atoms with E-state index in [9.17, 15) is 5.26 Å². The van der Waals surface area contributed by atoms with E-state index < -0.39 is 6.29 Å². The maximum absolute atomic E-state index is 11.3. The van der Waals surface area contributed by atoms with Gasteiger partial charge in [-0.1, -0.05) is 13.5 Å². The Kier molecular flexibility index (Phi) is 5.23. The van der Waals surface area contributed by atoms with Crippen molar-refractivity contribution in [3.05, 3.63) is 24.7 Å². The zero-order valence-electron chi connectivity index (χ0n) is 8.63. The zero-order chi connectivity index (χ0) is 10.4. The van der Waals surface area contributed by atoms with E-state index >= 15 is 0 Å². The van der Waals surface area contributed by atoms with Crippen molar-refractivity contribution in [2.45, 2.75) is 39.9 Å². The van der Waals surface area contributed by atoms with Crippen LogP contribution in [0.1, 0.15) is 33.6 Å². The molecule has 0 N–H and O–H groups in total. The molecule has 0 spiro atoms. The highest BCUT2D eigenvalue weighted by Gasteiger charge is 2.18. The molecule has 0 rings (SSSR count). The average Bonchev–Trinajstić information content (AvgIpc) is 2.01. The van der Waals surface area contributed by atoms with Crippen molar-refractivity contribution in [2.24, 2.45) is 0 Å². The summed E-state index contributed by atoms with van der Waals surface area (Å²) in [5.41, 5.74) is 0. The highest BCUT2D eigenvalue weighted by Crippen LogP contribution is 2.16. The number of hydrogen-bond donors (Lipinski definition) is 0. The van der Waals surface area contributed by atoms with Crippen molar-refractivity contribution < 1.29 is 14.5 Å². The largest absolute Gasteiger partial charge is 0.538 e. The summed E-state index contributed by atoms with van der Waals surface area (Å²) in [4.78, 5) is 0. The summed E-state index contributed by atoms with van der Waals surface area (Å²) in [7, 11) is 0. The van der Waals surface area contributed by atoms with Gasteiger partial charge >= 0.3 is 6.29 Å². The smallest absolute Gasteiger partial charge is 0.345 e. The number of rotatable bonds is 6. The number of ether oxygens (including phenoxy) is 1. The number of hydrogen-bond acceptors (Lipinski definition) is 2. The second kappa shape index (κ2) is 5.65. The molecule has 0 saturated carbocycles. The van der Waals surface area contributed by atoms with E-state index in [1.165, 1.54) is 0 Å². The van der Waals surface area contributed by atoms with Crippen molar-refractivity contribution in [3.8, 4) is 0 Å². The standard InChI is InChI=1S/C10H18O3/c1-6-7-10(12-8(2)3)13(11)9(4)5/h10H,2,4,6-7H2,1,3,5H3. The molecule has 0 fully saturated rings. The summed E-state index contributed by atoms with van der Waals surface area (Å²) in [6.45, 7) is 12.5. The van der Waals surface area contributed by atoms with E-state index in [4.69, 9.17) is 4.74 Å². The average molecular weight is 186 g/mol. The van der Waals surface area contributed by atoms with Crippen molar-refractivity contribution in [1.82, 2.24) is 0 Å². The molecule has 0 aliphatic carbocycles. The maximum Gasteiger partial charge on any atom is 0.345 e. The number of allylic oxidation sites excluding steroid dienone is 2. The Labute approximate surface area is 79.9 Å². The minimum absolute atomic E-state index is 0.375. The molecule has 0 heterocycles. The molecule has 1 unspecified atom stereocenters. The van der Waals surface area contributed by atoms with E-state index in [1.54, 1.807) is 18.4 Å². The molecule has 1 atom stereocenters. The Morgan fingerprint density at radius 2 is 2.00 bits per heavy atom. The molecule has 0 aromatic rings. The molecule has 3 nitrogen and oxygen atoms in total. The Morgan fingerprint density at radius 3 is 2.31 bits per heavy atom. The highest BCUT2D eigenvalue weighted by molar-refractivity contribution is 4.80. The first-order valence-corrected chi connectivity index (χ1v) is 4.37. The molecule has 0 aromatic heterocycles. The van der Waals surface area contributed by atoms with Gasteiger partial charge in [0, 0.05) is 6.92 Å². The Morgan fingerprint density at radius 1 is 1.46 bits per heavy atom. The summed E-state index contributed by atoms with van der Waals surface area (Å²) in [6.07, 6.45) is 0.963. The van der Waals surface area contributed by atoms with Crippen LogP contribution in [-0.4, -0.2) is 6.29 Å². The summed E-state index contributed by atoms with van der Waals surface area (Å²) >= 11 is 0. The monoisotopic (exact) mass is 186 g/mol. The van der Waals surface area contributed by atoms with Crippen molar-refractivity contribution in [1.29, 1.82) is 0 Å². The van der Waals surface area contributed by atoms with Gasteiger partial charge in [-0.15, -0.1) is 0 Å². The Hall–Kier alpha value is -0.960. The molecular weight excluding hydrogens is 168 g/mol. The van der Waals surface area contributed by atoms with Crippen LogP contribution in [0.3, 0.4) is 0 Å². The predicted octanol–water partition coefficient (Wildman–Crippen LogP) is 2.02. The lowest BCUT2D eigenvalue weighted by atomic mass is 10.3. The van der Waals surface area contributed by atoms with E-state index in [0.717, 1.165) is 6.42 Å². The first-order chi connectivity index (χ1) is 5.99. The zero-order valence-corrected chi connectivity index (χ0v) is 8.63. The third kappa shape index (κ3) is 4.58. The Bertz CT molecular complexity index is 187. The first kappa shape index (κ1) is 12.0. The predicted molar refractivity (Wildman–Crippen MR) is 50.5 cm³/mol. The van der Waals surface area contributed by atoms with Crippen LogP contribution in [0.15, 0.2) is 24.7 Å². The van der Waals surface area contributed by atoms with Gasteiger partial charge in [0.05, 0.1) is 12.2 Å². The molecule has 76 valence electrons. The van der Waals surface area contributed by atoms with Crippen LogP contribution < -0.4 is 5.26 Å². The molecule has 0 radical (unpaired) electrons. The molecule has 0 amide bonds. The van der Waals surface area contributed by atoms with Gasteiger partial charge in [0.25, 0.3) is 0 Å². The van der Waals surface area contributed by atoms with Crippen LogP contribution in [0.25, 0.3) is 0 Å². The highest BCUT2D eigenvalue weighted by atomic mass is 17.2. The van der Waals surface area contributed by atoms with Crippen LogP contribution in [-0.2, 0) is 9.25 Å². The van der Waals surface area contributed by atoms with Gasteiger partial charge in [0.2, 0.25) is 5.76 Å². The third-order valence-corrected chi connectivity index (χ3v) is 1.44. The van der Waals surface area contributed by atoms with Gasteiger partial charge in [0.1, 0.15) is 0 Å². The molecule has 0 bridgehead atoms. The first-order valence-electron chi connectivity index (χ1n) is 4.37.